The van der Waals surface area contributed by atoms with Crippen molar-refractivity contribution < 1.29 is 19.4 Å². The number of nitrogens with one attached hydrogen (secondary N) is 1. The van der Waals surface area contributed by atoms with Gasteiger partial charge in [-0.15, -0.1) is 0 Å². The number of aromatic carboxylic acids is 1. The maximum atomic E-state index is 11.4. The molecule has 17 heavy (non-hydrogen) atoms. The molecule has 0 fully saturated rings. The second-order valence-corrected chi connectivity index (χ2v) is 4.47. The molecule has 1 heterocycles. The van der Waals surface area contributed by atoms with Crippen LogP contribution >= 0.6 is 0 Å². The molecular weight excluding hydrogens is 226 g/mol. The molecule has 0 radical (unpaired) electrons. The number of ether oxygens (including phenoxy) is 1. The minimum atomic E-state index is -1.11. The average molecular weight is 241 g/mol. The Labute approximate surface area is 98.4 Å². The first-order valence-electron chi connectivity index (χ1n) is 4.96. The normalized spacial score (nSPS) is 11.1. The minimum Gasteiger partial charge on any atom is -0.477 e. The highest BCUT2D eigenvalue weighted by atomic mass is 16.6. The molecule has 0 saturated carbocycles. The Morgan fingerprint density at radius 1 is 1.47 bits per heavy atom. The second kappa shape index (κ2) is 4.44. The molecule has 0 aromatic carbocycles. The van der Waals surface area contributed by atoms with Crippen LogP contribution in [0.3, 0.4) is 0 Å². The van der Waals surface area contributed by atoms with E-state index in [1.807, 2.05) is 0 Å². The van der Waals surface area contributed by atoms with Crippen molar-refractivity contribution in [1.82, 2.24) is 9.78 Å². The Morgan fingerprint density at radius 2 is 2.06 bits per heavy atom. The third-order valence-corrected chi connectivity index (χ3v) is 1.73. The fraction of sp³-hybridized carbons (Fsp3) is 0.500. The molecule has 94 valence electrons. The predicted octanol–water partition coefficient (Wildman–Crippen LogP) is 1.47. The van der Waals surface area contributed by atoms with Gasteiger partial charge in [0.05, 0.1) is 0 Å². The van der Waals surface area contributed by atoms with E-state index in [0.717, 1.165) is 4.68 Å². The predicted molar refractivity (Wildman–Crippen MR) is 60.0 cm³/mol. The molecule has 1 aromatic heterocycles. The average Bonchev–Trinajstić information content (AvgIpc) is 2.42. The van der Waals surface area contributed by atoms with Gasteiger partial charge in [0.15, 0.2) is 5.82 Å². The number of hydrogen-bond acceptors (Lipinski definition) is 4. The van der Waals surface area contributed by atoms with Crippen molar-refractivity contribution in [2.45, 2.75) is 26.4 Å². The van der Waals surface area contributed by atoms with Crippen LogP contribution in [0.25, 0.3) is 0 Å². The Balaban J connectivity index is 2.73. The molecule has 0 saturated heterocycles. The molecule has 0 atom stereocenters. The molecule has 0 spiro atoms. The highest BCUT2D eigenvalue weighted by Crippen LogP contribution is 2.12. The lowest BCUT2D eigenvalue weighted by Gasteiger charge is -2.18. The van der Waals surface area contributed by atoms with Gasteiger partial charge < -0.3 is 9.84 Å². The molecule has 7 heteroatoms. The van der Waals surface area contributed by atoms with E-state index in [4.69, 9.17) is 9.84 Å². The van der Waals surface area contributed by atoms with Gasteiger partial charge in [-0.2, -0.15) is 5.10 Å². The van der Waals surface area contributed by atoms with Crippen LogP contribution in [-0.2, 0) is 11.8 Å². The van der Waals surface area contributed by atoms with Gasteiger partial charge in [-0.1, -0.05) is 0 Å². The monoisotopic (exact) mass is 241 g/mol. The lowest BCUT2D eigenvalue weighted by atomic mass is 10.2. The Kier molecular flexibility index (Phi) is 3.40. The van der Waals surface area contributed by atoms with Crippen LogP contribution in [0.2, 0.25) is 0 Å². The Bertz CT molecular complexity index is 445. The summed E-state index contributed by atoms with van der Waals surface area (Å²) in [6.07, 6.45) is -0.674. The number of carbonyl (C=O) groups is 2. The summed E-state index contributed by atoms with van der Waals surface area (Å²) in [6.45, 7) is 5.19. The molecule has 1 aromatic rings. The number of nitrogens with zero attached hydrogens (tertiary/aromatic N) is 2. The maximum Gasteiger partial charge on any atom is 0.413 e. The third kappa shape index (κ3) is 3.78. The summed E-state index contributed by atoms with van der Waals surface area (Å²) in [5, 5.41) is 15.0. The second-order valence-electron chi connectivity index (χ2n) is 4.47. The van der Waals surface area contributed by atoms with Crippen molar-refractivity contribution in [2.75, 3.05) is 5.32 Å². The van der Waals surface area contributed by atoms with Crippen LogP contribution in [-0.4, -0.2) is 32.6 Å². The van der Waals surface area contributed by atoms with Crippen LogP contribution in [0.5, 0.6) is 0 Å². The number of hydrogen-bond donors (Lipinski definition) is 2. The van der Waals surface area contributed by atoms with E-state index in [9.17, 15) is 9.59 Å². The van der Waals surface area contributed by atoms with Gasteiger partial charge in [0.1, 0.15) is 11.3 Å². The van der Waals surface area contributed by atoms with E-state index in [2.05, 4.69) is 10.4 Å². The Morgan fingerprint density at radius 3 is 2.47 bits per heavy atom. The van der Waals surface area contributed by atoms with Gasteiger partial charge >= 0.3 is 12.1 Å². The van der Waals surface area contributed by atoms with Crippen molar-refractivity contribution in [1.29, 1.82) is 0 Å². The molecule has 1 rings (SSSR count). The van der Waals surface area contributed by atoms with Crippen molar-refractivity contribution in [2.24, 2.45) is 7.05 Å². The number of aromatic nitrogens is 2. The first kappa shape index (κ1) is 13.0. The van der Waals surface area contributed by atoms with Gasteiger partial charge in [-0.3, -0.25) is 10.00 Å². The summed E-state index contributed by atoms with van der Waals surface area (Å²) in [4.78, 5) is 22.1. The quantitative estimate of drug-likeness (QED) is 0.817. The van der Waals surface area contributed by atoms with Crippen LogP contribution in [0.1, 0.15) is 31.3 Å². The van der Waals surface area contributed by atoms with Gasteiger partial charge in [-0.25, -0.2) is 9.59 Å². The summed E-state index contributed by atoms with van der Waals surface area (Å²) in [5.41, 5.74) is -0.634. The number of rotatable bonds is 2. The zero-order chi connectivity index (χ0) is 13.2. The van der Waals surface area contributed by atoms with E-state index in [0.29, 0.717) is 0 Å². The van der Waals surface area contributed by atoms with E-state index in [1.165, 1.54) is 13.1 Å². The summed E-state index contributed by atoms with van der Waals surface area (Å²) in [6, 6.07) is 1.26. The van der Waals surface area contributed by atoms with Crippen molar-refractivity contribution in [3.63, 3.8) is 0 Å². The zero-order valence-electron chi connectivity index (χ0n) is 10.1. The van der Waals surface area contributed by atoms with E-state index in [-0.39, 0.29) is 11.5 Å². The van der Waals surface area contributed by atoms with E-state index in [1.54, 1.807) is 20.8 Å². The topological polar surface area (TPSA) is 93.5 Å². The lowest BCUT2D eigenvalue weighted by molar-refractivity contribution is 0.0632. The number of amides is 1. The Hall–Kier alpha value is -2.05. The molecule has 0 aliphatic carbocycles. The van der Waals surface area contributed by atoms with Crippen molar-refractivity contribution in [3.05, 3.63) is 11.8 Å². The van der Waals surface area contributed by atoms with Crippen LogP contribution < -0.4 is 5.32 Å². The first-order valence-corrected chi connectivity index (χ1v) is 4.96. The van der Waals surface area contributed by atoms with Crippen molar-refractivity contribution in [3.8, 4) is 0 Å². The molecule has 0 unspecified atom stereocenters. The van der Waals surface area contributed by atoms with E-state index < -0.39 is 17.7 Å². The number of anilines is 1. The highest BCUT2D eigenvalue weighted by Gasteiger charge is 2.18. The van der Waals surface area contributed by atoms with Gasteiger partial charge in [0.25, 0.3) is 0 Å². The lowest BCUT2D eigenvalue weighted by Crippen LogP contribution is -2.27. The molecular formula is C10H15N3O4. The van der Waals surface area contributed by atoms with E-state index >= 15 is 0 Å². The third-order valence-electron chi connectivity index (χ3n) is 1.73. The molecule has 0 aliphatic rings. The number of aryl methyl sites for hydroxylation is 1. The highest BCUT2D eigenvalue weighted by molar-refractivity contribution is 5.89. The minimum absolute atomic E-state index is 0.0175. The molecule has 2 N–H and O–H groups in total. The van der Waals surface area contributed by atoms with Crippen LogP contribution in [0.4, 0.5) is 10.6 Å². The van der Waals surface area contributed by atoms with Gasteiger partial charge in [0.2, 0.25) is 0 Å². The fourth-order valence-corrected chi connectivity index (χ4v) is 1.14. The molecule has 0 aliphatic heterocycles. The molecule has 0 bridgehead atoms. The number of carboxylic acids is 1. The molecule has 1 amide bonds. The zero-order valence-corrected chi connectivity index (χ0v) is 10.1. The van der Waals surface area contributed by atoms with Crippen LogP contribution in [0.15, 0.2) is 6.07 Å². The summed E-state index contributed by atoms with van der Waals surface area (Å²) in [7, 11) is 1.48. The fourth-order valence-electron chi connectivity index (χ4n) is 1.14. The number of carboxylic acid groups (broad SMARTS) is 1. The number of carbonyl (C=O) groups excluding carboxylic acids is 1. The smallest absolute Gasteiger partial charge is 0.413 e. The summed E-state index contributed by atoms with van der Waals surface area (Å²) < 4.78 is 6.17. The SMILES string of the molecule is Cn1nc(NC(=O)OC(C)(C)C)cc1C(=O)O. The maximum absolute atomic E-state index is 11.4. The molecule has 7 nitrogen and oxygen atoms in total. The van der Waals surface area contributed by atoms with Gasteiger partial charge in [0, 0.05) is 13.1 Å². The summed E-state index contributed by atoms with van der Waals surface area (Å²) in [5.74, 6) is -0.976. The summed E-state index contributed by atoms with van der Waals surface area (Å²) >= 11 is 0. The standard InChI is InChI=1S/C10H15N3O4/c1-10(2,3)17-9(16)11-7-5-6(8(14)15)13(4)12-7/h5H,1-4H3,(H,14,15)(H,11,12,16). The largest absolute Gasteiger partial charge is 0.477 e. The van der Waals surface area contributed by atoms with Crippen molar-refractivity contribution >= 4 is 17.9 Å². The van der Waals surface area contributed by atoms with Gasteiger partial charge in [-0.05, 0) is 20.8 Å². The van der Waals surface area contributed by atoms with Crippen LogP contribution in [0, 0.1) is 0 Å². The first-order chi connectivity index (χ1) is 7.69.